The number of hydrogen-bond acceptors (Lipinski definition) is 5. The highest BCUT2D eigenvalue weighted by molar-refractivity contribution is 7.93. The van der Waals surface area contributed by atoms with Gasteiger partial charge in [-0.25, -0.2) is 0 Å². The standard InChI is InChI=1S/C15H21NO3S/c1-2-12-9-13(11-14(10-12)20-17)16-5-3-15(4-6-16)18-7-8-19-15/h9-11,17H,2-8H2,1H3. The quantitative estimate of drug-likeness (QED) is 0.868. The fourth-order valence-corrected chi connectivity index (χ4v) is 3.35. The van der Waals surface area contributed by atoms with E-state index >= 15 is 0 Å². The largest absolute Gasteiger partial charge is 0.371 e. The lowest BCUT2D eigenvalue weighted by atomic mass is 10.0. The second kappa shape index (κ2) is 5.93. The molecule has 0 amide bonds. The van der Waals surface area contributed by atoms with Gasteiger partial charge in [-0.05, 0) is 30.2 Å². The summed E-state index contributed by atoms with van der Waals surface area (Å²) < 4.78 is 20.8. The molecular weight excluding hydrogens is 274 g/mol. The van der Waals surface area contributed by atoms with Crippen molar-refractivity contribution in [3.63, 3.8) is 0 Å². The van der Waals surface area contributed by atoms with E-state index in [9.17, 15) is 4.55 Å². The predicted octanol–water partition coefficient (Wildman–Crippen LogP) is 3.16. The molecule has 110 valence electrons. The summed E-state index contributed by atoms with van der Waals surface area (Å²) in [6.07, 6.45) is 2.79. The average molecular weight is 295 g/mol. The second-order valence-electron chi connectivity index (χ2n) is 5.37. The lowest BCUT2D eigenvalue weighted by Crippen LogP contribution is -2.45. The van der Waals surface area contributed by atoms with Gasteiger partial charge in [0, 0.05) is 48.6 Å². The van der Waals surface area contributed by atoms with Crippen LogP contribution in [0.3, 0.4) is 0 Å². The Morgan fingerprint density at radius 3 is 2.50 bits per heavy atom. The van der Waals surface area contributed by atoms with Crippen molar-refractivity contribution in [3.8, 4) is 0 Å². The van der Waals surface area contributed by atoms with E-state index in [0.29, 0.717) is 0 Å². The summed E-state index contributed by atoms with van der Waals surface area (Å²) in [5.74, 6) is -0.326. The van der Waals surface area contributed by atoms with Gasteiger partial charge in [0.2, 0.25) is 0 Å². The van der Waals surface area contributed by atoms with Gasteiger partial charge in [0.1, 0.15) is 0 Å². The van der Waals surface area contributed by atoms with Crippen molar-refractivity contribution in [1.82, 2.24) is 0 Å². The summed E-state index contributed by atoms with van der Waals surface area (Å²) in [7, 11) is 0. The van der Waals surface area contributed by atoms with E-state index in [1.165, 1.54) is 11.3 Å². The minimum atomic E-state index is -0.326. The number of aryl methyl sites for hydroxylation is 1. The molecule has 2 aliphatic heterocycles. The zero-order chi connectivity index (χ0) is 14.0. The number of rotatable bonds is 3. The molecule has 4 nitrogen and oxygen atoms in total. The number of hydrogen-bond donors (Lipinski definition) is 1. The van der Waals surface area contributed by atoms with Crippen LogP contribution < -0.4 is 4.90 Å². The highest BCUT2D eigenvalue weighted by Crippen LogP contribution is 2.34. The Labute approximate surface area is 124 Å². The summed E-state index contributed by atoms with van der Waals surface area (Å²) in [5, 5.41) is 0. The van der Waals surface area contributed by atoms with Crippen molar-refractivity contribution in [2.45, 2.75) is 36.9 Å². The zero-order valence-electron chi connectivity index (χ0n) is 11.8. The van der Waals surface area contributed by atoms with Crippen molar-refractivity contribution in [1.29, 1.82) is 0 Å². The molecule has 1 spiro atoms. The molecule has 0 atom stereocenters. The summed E-state index contributed by atoms with van der Waals surface area (Å²) >= 11 is 0.819. The van der Waals surface area contributed by atoms with Crippen LogP contribution >= 0.6 is 12.0 Å². The Hall–Kier alpha value is -0.750. The average Bonchev–Trinajstić information content (AvgIpc) is 2.95. The van der Waals surface area contributed by atoms with Crippen molar-refractivity contribution in [3.05, 3.63) is 23.8 Å². The van der Waals surface area contributed by atoms with Crippen LogP contribution in [0.4, 0.5) is 5.69 Å². The van der Waals surface area contributed by atoms with Gasteiger partial charge in [-0.1, -0.05) is 6.92 Å². The Morgan fingerprint density at radius 1 is 1.20 bits per heavy atom. The summed E-state index contributed by atoms with van der Waals surface area (Å²) in [6, 6.07) is 6.31. The van der Waals surface area contributed by atoms with Crippen molar-refractivity contribution in [2.75, 3.05) is 31.2 Å². The zero-order valence-corrected chi connectivity index (χ0v) is 12.6. The number of ether oxygens (including phenoxy) is 2. The minimum absolute atomic E-state index is 0.326. The molecule has 3 rings (SSSR count). The molecule has 5 heteroatoms. The molecule has 2 aliphatic rings. The van der Waals surface area contributed by atoms with Gasteiger partial charge in [0.15, 0.2) is 5.79 Å². The van der Waals surface area contributed by atoms with Crippen LogP contribution in [0.1, 0.15) is 25.3 Å². The molecule has 1 aromatic carbocycles. The maximum Gasteiger partial charge on any atom is 0.171 e. The lowest BCUT2D eigenvalue weighted by molar-refractivity contribution is -0.169. The third kappa shape index (κ3) is 2.81. The number of nitrogens with zero attached hydrogens (tertiary/aromatic N) is 1. The normalized spacial score (nSPS) is 21.6. The highest BCUT2D eigenvalue weighted by Gasteiger charge is 2.39. The Balaban J connectivity index is 1.74. The lowest BCUT2D eigenvalue weighted by Gasteiger charge is -2.38. The Bertz CT molecular complexity index is 442. The fraction of sp³-hybridized carbons (Fsp3) is 0.600. The topological polar surface area (TPSA) is 41.9 Å². The van der Waals surface area contributed by atoms with Gasteiger partial charge in [0.25, 0.3) is 0 Å². The van der Waals surface area contributed by atoms with Crippen LogP contribution in [0.5, 0.6) is 0 Å². The summed E-state index contributed by atoms with van der Waals surface area (Å²) in [6.45, 7) is 5.44. The van der Waals surface area contributed by atoms with E-state index in [1.54, 1.807) is 0 Å². The van der Waals surface area contributed by atoms with E-state index in [0.717, 1.165) is 62.5 Å². The number of benzene rings is 1. The van der Waals surface area contributed by atoms with Crippen LogP contribution in [0, 0.1) is 0 Å². The second-order valence-corrected chi connectivity index (χ2v) is 6.03. The van der Waals surface area contributed by atoms with Gasteiger partial charge in [-0.2, -0.15) is 0 Å². The summed E-state index contributed by atoms with van der Waals surface area (Å²) in [5.41, 5.74) is 2.45. The molecule has 0 aromatic heterocycles. The van der Waals surface area contributed by atoms with E-state index in [4.69, 9.17) is 9.47 Å². The molecule has 2 fully saturated rings. The van der Waals surface area contributed by atoms with E-state index in [-0.39, 0.29) is 5.79 Å². The number of anilines is 1. The first kappa shape index (κ1) is 14.2. The fourth-order valence-electron chi connectivity index (χ4n) is 2.97. The first-order chi connectivity index (χ1) is 9.74. The molecule has 0 bridgehead atoms. The van der Waals surface area contributed by atoms with E-state index in [1.807, 2.05) is 6.07 Å². The Morgan fingerprint density at radius 2 is 1.90 bits per heavy atom. The maximum atomic E-state index is 9.31. The van der Waals surface area contributed by atoms with Crippen molar-refractivity contribution in [2.24, 2.45) is 0 Å². The number of piperidine rings is 1. The van der Waals surface area contributed by atoms with Crippen LogP contribution in [-0.2, 0) is 15.9 Å². The van der Waals surface area contributed by atoms with Crippen LogP contribution in [0.15, 0.2) is 23.1 Å². The minimum Gasteiger partial charge on any atom is -0.371 e. The van der Waals surface area contributed by atoms with Gasteiger partial charge < -0.3 is 18.9 Å². The van der Waals surface area contributed by atoms with E-state index < -0.39 is 0 Å². The molecule has 1 aromatic rings. The molecule has 0 radical (unpaired) electrons. The van der Waals surface area contributed by atoms with Gasteiger partial charge in [-0.3, -0.25) is 0 Å². The molecule has 2 saturated heterocycles. The molecular formula is C15H21NO3S. The molecule has 0 saturated carbocycles. The SMILES string of the molecule is CCc1cc(SO)cc(N2CCC3(CC2)OCCO3)c1. The first-order valence-electron chi connectivity index (χ1n) is 7.23. The monoisotopic (exact) mass is 295 g/mol. The first-order valence-corrected chi connectivity index (χ1v) is 8.00. The molecule has 0 aliphatic carbocycles. The van der Waals surface area contributed by atoms with Gasteiger partial charge in [-0.15, -0.1) is 0 Å². The van der Waals surface area contributed by atoms with E-state index in [2.05, 4.69) is 24.0 Å². The molecule has 1 N–H and O–H groups in total. The van der Waals surface area contributed by atoms with Gasteiger partial charge in [0.05, 0.1) is 13.2 Å². The van der Waals surface area contributed by atoms with Crippen LogP contribution in [-0.4, -0.2) is 36.6 Å². The molecule has 0 unspecified atom stereocenters. The highest BCUT2D eigenvalue weighted by atomic mass is 32.2. The van der Waals surface area contributed by atoms with Crippen LogP contribution in [0.2, 0.25) is 0 Å². The molecule has 20 heavy (non-hydrogen) atoms. The van der Waals surface area contributed by atoms with Crippen molar-refractivity contribution >= 4 is 17.7 Å². The third-order valence-corrected chi connectivity index (χ3v) is 4.62. The van der Waals surface area contributed by atoms with Crippen LogP contribution in [0.25, 0.3) is 0 Å². The predicted molar refractivity (Wildman–Crippen MR) is 80.4 cm³/mol. The third-order valence-electron chi connectivity index (χ3n) is 4.17. The molecule has 2 heterocycles. The summed E-state index contributed by atoms with van der Waals surface area (Å²) in [4.78, 5) is 3.27. The maximum absolute atomic E-state index is 9.31. The van der Waals surface area contributed by atoms with Crippen molar-refractivity contribution < 1.29 is 14.0 Å². The smallest absolute Gasteiger partial charge is 0.171 e. The van der Waals surface area contributed by atoms with Gasteiger partial charge >= 0.3 is 0 Å². The Kier molecular flexibility index (Phi) is 4.21.